The number of imidazole rings is 1. The third-order valence-corrected chi connectivity index (χ3v) is 4.64. The highest BCUT2D eigenvalue weighted by Crippen LogP contribution is 2.25. The number of fused-ring (bicyclic) bond motifs is 1. The highest BCUT2D eigenvalue weighted by Gasteiger charge is 2.37. The lowest BCUT2D eigenvalue weighted by molar-refractivity contribution is -0.143. The van der Waals surface area contributed by atoms with Crippen molar-refractivity contribution in [2.75, 3.05) is 6.54 Å². The lowest BCUT2D eigenvalue weighted by atomic mass is 10.0. The summed E-state index contributed by atoms with van der Waals surface area (Å²) >= 11 is 1.52. The number of likely N-dealkylation sites (tertiary alicyclic amines) is 1. The first-order valence-corrected chi connectivity index (χ1v) is 7.37. The van der Waals surface area contributed by atoms with Crippen LogP contribution in [-0.2, 0) is 16.0 Å². The highest BCUT2D eigenvalue weighted by molar-refractivity contribution is 7.15. The van der Waals surface area contributed by atoms with Crippen LogP contribution in [0.15, 0.2) is 17.8 Å². The van der Waals surface area contributed by atoms with Gasteiger partial charge in [0, 0.05) is 30.4 Å². The highest BCUT2D eigenvalue weighted by atomic mass is 32.1. The molecule has 2 atom stereocenters. The molecule has 106 valence electrons. The van der Waals surface area contributed by atoms with Gasteiger partial charge in [-0.3, -0.25) is 14.0 Å². The van der Waals surface area contributed by atoms with Crippen molar-refractivity contribution in [1.82, 2.24) is 14.3 Å². The molecule has 3 heterocycles. The monoisotopic (exact) mass is 293 g/mol. The van der Waals surface area contributed by atoms with Gasteiger partial charge in [0.1, 0.15) is 0 Å². The lowest BCUT2D eigenvalue weighted by Gasteiger charge is -2.22. The van der Waals surface area contributed by atoms with Crippen LogP contribution >= 0.6 is 11.3 Å². The standard InChI is InChI=1S/C13H15N3O3S/c1-8-10(12(18)19)2-3-16(8)11(17)6-9-7-15-4-5-20-13(15)14-9/h4-5,7-8,10H,2-3,6H2,1H3,(H,18,19). The number of amides is 1. The Kier molecular flexibility index (Phi) is 3.21. The normalized spacial score (nSPS) is 22.6. The molecule has 1 amide bonds. The van der Waals surface area contributed by atoms with Crippen LogP contribution in [0.2, 0.25) is 0 Å². The van der Waals surface area contributed by atoms with Crippen molar-refractivity contribution in [3.63, 3.8) is 0 Å². The third kappa shape index (κ3) is 2.18. The molecule has 0 aliphatic carbocycles. The van der Waals surface area contributed by atoms with Gasteiger partial charge in [0.2, 0.25) is 5.91 Å². The summed E-state index contributed by atoms with van der Waals surface area (Å²) < 4.78 is 1.89. The van der Waals surface area contributed by atoms with E-state index in [2.05, 4.69) is 4.98 Å². The SMILES string of the molecule is CC1C(C(=O)O)CCN1C(=O)Cc1cn2ccsc2n1. The number of hydrogen-bond donors (Lipinski definition) is 1. The van der Waals surface area contributed by atoms with Crippen molar-refractivity contribution in [1.29, 1.82) is 0 Å². The van der Waals surface area contributed by atoms with E-state index >= 15 is 0 Å². The molecule has 7 heteroatoms. The number of rotatable bonds is 3. The van der Waals surface area contributed by atoms with Crippen molar-refractivity contribution >= 4 is 28.2 Å². The Hall–Kier alpha value is -1.89. The zero-order valence-corrected chi connectivity index (χ0v) is 11.8. The molecule has 1 aliphatic heterocycles. The first-order valence-electron chi connectivity index (χ1n) is 6.49. The minimum atomic E-state index is -0.824. The van der Waals surface area contributed by atoms with Crippen molar-refractivity contribution in [3.05, 3.63) is 23.5 Å². The summed E-state index contributed by atoms with van der Waals surface area (Å²) in [4.78, 5) is 30.3. The van der Waals surface area contributed by atoms with Crippen molar-refractivity contribution in [3.8, 4) is 0 Å². The molecule has 20 heavy (non-hydrogen) atoms. The van der Waals surface area contributed by atoms with E-state index in [0.29, 0.717) is 13.0 Å². The molecule has 0 bridgehead atoms. The van der Waals surface area contributed by atoms with Crippen LogP contribution in [0.3, 0.4) is 0 Å². The Balaban J connectivity index is 1.70. The van der Waals surface area contributed by atoms with Crippen LogP contribution in [0.1, 0.15) is 19.0 Å². The van der Waals surface area contributed by atoms with Gasteiger partial charge in [-0.05, 0) is 13.3 Å². The zero-order chi connectivity index (χ0) is 14.3. The quantitative estimate of drug-likeness (QED) is 0.924. The number of carbonyl (C=O) groups excluding carboxylic acids is 1. The number of carboxylic acid groups (broad SMARTS) is 1. The molecule has 0 aromatic carbocycles. The van der Waals surface area contributed by atoms with Gasteiger partial charge < -0.3 is 10.0 Å². The van der Waals surface area contributed by atoms with Gasteiger partial charge in [-0.1, -0.05) is 0 Å². The maximum absolute atomic E-state index is 12.3. The van der Waals surface area contributed by atoms with Crippen LogP contribution < -0.4 is 0 Å². The van der Waals surface area contributed by atoms with E-state index in [-0.39, 0.29) is 18.4 Å². The van der Waals surface area contributed by atoms with Gasteiger partial charge in [0.25, 0.3) is 0 Å². The topological polar surface area (TPSA) is 74.9 Å². The van der Waals surface area contributed by atoms with Crippen LogP contribution in [0, 0.1) is 5.92 Å². The predicted molar refractivity (Wildman–Crippen MR) is 73.7 cm³/mol. The predicted octanol–water partition coefficient (Wildman–Crippen LogP) is 1.26. The summed E-state index contributed by atoms with van der Waals surface area (Å²) in [5.41, 5.74) is 0.729. The maximum atomic E-state index is 12.3. The number of aromatic nitrogens is 2. The number of thiazole rings is 1. The molecule has 2 aromatic rings. The number of carboxylic acids is 1. The smallest absolute Gasteiger partial charge is 0.308 e. The Labute approximate surface area is 119 Å². The van der Waals surface area contributed by atoms with Crippen LogP contribution in [0.5, 0.6) is 0 Å². The Bertz CT molecular complexity index is 634. The number of nitrogens with zero attached hydrogens (tertiary/aromatic N) is 3. The van der Waals surface area contributed by atoms with Crippen LogP contribution in [0.25, 0.3) is 4.96 Å². The Morgan fingerprint density at radius 3 is 3.00 bits per heavy atom. The molecule has 0 saturated carbocycles. The second kappa shape index (κ2) is 4.90. The number of aliphatic carboxylic acids is 1. The van der Waals surface area contributed by atoms with E-state index in [1.54, 1.807) is 11.8 Å². The second-order valence-electron chi connectivity index (χ2n) is 5.06. The van der Waals surface area contributed by atoms with E-state index < -0.39 is 11.9 Å². The Morgan fingerprint density at radius 2 is 2.35 bits per heavy atom. The molecular formula is C13H15N3O3S. The summed E-state index contributed by atoms with van der Waals surface area (Å²) in [6, 6.07) is -0.247. The fourth-order valence-corrected chi connectivity index (χ4v) is 3.46. The summed E-state index contributed by atoms with van der Waals surface area (Å²) in [7, 11) is 0. The fourth-order valence-electron chi connectivity index (χ4n) is 2.74. The van der Waals surface area contributed by atoms with E-state index in [0.717, 1.165) is 10.7 Å². The van der Waals surface area contributed by atoms with Crippen LogP contribution in [-0.4, -0.2) is 43.9 Å². The third-order valence-electron chi connectivity index (χ3n) is 3.87. The molecule has 0 spiro atoms. The second-order valence-corrected chi connectivity index (χ2v) is 5.94. The number of carbonyl (C=O) groups is 2. The summed E-state index contributed by atoms with van der Waals surface area (Å²) in [6.07, 6.45) is 4.50. The molecule has 1 saturated heterocycles. The molecule has 2 unspecified atom stereocenters. The van der Waals surface area contributed by atoms with Crippen LogP contribution in [0.4, 0.5) is 0 Å². The van der Waals surface area contributed by atoms with Gasteiger partial charge >= 0.3 is 5.97 Å². The average molecular weight is 293 g/mol. The van der Waals surface area contributed by atoms with Crippen molar-refractivity contribution in [2.24, 2.45) is 5.92 Å². The Morgan fingerprint density at radius 1 is 1.55 bits per heavy atom. The molecule has 0 radical (unpaired) electrons. The molecule has 3 rings (SSSR count). The van der Waals surface area contributed by atoms with Crippen molar-refractivity contribution in [2.45, 2.75) is 25.8 Å². The van der Waals surface area contributed by atoms with Crippen molar-refractivity contribution < 1.29 is 14.7 Å². The lowest BCUT2D eigenvalue weighted by Crippen LogP contribution is -2.38. The number of hydrogen-bond acceptors (Lipinski definition) is 4. The van der Waals surface area contributed by atoms with E-state index in [1.165, 1.54) is 11.3 Å². The van der Waals surface area contributed by atoms with Gasteiger partial charge in [-0.25, -0.2) is 4.98 Å². The molecule has 1 fully saturated rings. The van der Waals surface area contributed by atoms with Gasteiger partial charge in [0.05, 0.1) is 18.0 Å². The maximum Gasteiger partial charge on any atom is 0.308 e. The molecular weight excluding hydrogens is 278 g/mol. The van der Waals surface area contributed by atoms with E-state index in [4.69, 9.17) is 5.11 Å². The molecule has 1 N–H and O–H groups in total. The first kappa shape index (κ1) is 13.1. The minimum Gasteiger partial charge on any atom is -0.481 e. The van der Waals surface area contributed by atoms with Gasteiger partial charge in [-0.2, -0.15) is 0 Å². The van der Waals surface area contributed by atoms with Gasteiger partial charge in [-0.15, -0.1) is 11.3 Å². The average Bonchev–Trinajstić information content (AvgIpc) is 3.02. The summed E-state index contributed by atoms with van der Waals surface area (Å²) in [5.74, 6) is -1.33. The van der Waals surface area contributed by atoms with E-state index in [9.17, 15) is 9.59 Å². The fraction of sp³-hybridized carbons (Fsp3) is 0.462. The van der Waals surface area contributed by atoms with Gasteiger partial charge in [0.15, 0.2) is 4.96 Å². The molecule has 1 aliphatic rings. The first-order chi connectivity index (χ1) is 9.56. The minimum absolute atomic E-state index is 0.0491. The zero-order valence-electron chi connectivity index (χ0n) is 11.0. The van der Waals surface area contributed by atoms with E-state index in [1.807, 2.05) is 22.2 Å². The molecule has 6 nitrogen and oxygen atoms in total. The largest absolute Gasteiger partial charge is 0.481 e. The molecule has 2 aromatic heterocycles. The summed E-state index contributed by atoms with van der Waals surface area (Å²) in [6.45, 7) is 2.31. The summed E-state index contributed by atoms with van der Waals surface area (Å²) in [5, 5.41) is 11.0.